The fourth-order valence-electron chi connectivity index (χ4n) is 3.85. The summed E-state index contributed by atoms with van der Waals surface area (Å²) in [4.78, 5) is 39.6. The normalized spacial score (nSPS) is 22.2. The van der Waals surface area contributed by atoms with Gasteiger partial charge in [0.15, 0.2) is 0 Å². The van der Waals surface area contributed by atoms with Crippen LogP contribution >= 0.6 is 0 Å². The molecule has 1 saturated heterocycles. The lowest BCUT2D eigenvalue weighted by atomic mass is 9.91. The molecule has 3 rings (SSSR count). The second-order valence-corrected chi connectivity index (χ2v) is 7.89. The van der Waals surface area contributed by atoms with Crippen LogP contribution in [-0.2, 0) is 14.4 Å². The van der Waals surface area contributed by atoms with E-state index in [0.29, 0.717) is 17.6 Å². The maximum atomic E-state index is 13.5. The van der Waals surface area contributed by atoms with Gasteiger partial charge in [0.05, 0.1) is 13.0 Å². The monoisotopic (exact) mass is 478 g/mol. The molecule has 3 aliphatic rings. The van der Waals surface area contributed by atoms with Crippen molar-refractivity contribution in [1.29, 1.82) is 0 Å². The fourth-order valence-corrected chi connectivity index (χ4v) is 3.85. The Kier molecular flexibility index (Phi) is 7.83. The first-order valence-corrected chi connectivity index (χ1v) is 10.7. The summed E-state index contributed by atoms with van der Waals surface area (Å²) in [6, 6.07) is -2.34. The van der Waals surface area contributed by atoms with Crippen LogP contribution in [0.15, 0.2) is 47.2 Å². The van der Waals surface area contributed by atoms with Gasteiger partial charge in [-0.25, -0.2) is 0 Å². The van der Waals surface area contributed by atoms with Crippen LogP contribution in [0.5, 0.6) is 0 Å². The van der Waals surface area contributed by atoms with E-state index in [1.165, 1.54) is 11.8 Å². The third kappa shape index (κ3) is 5.88. The van der Waals surface area contributed by atoms with Gasteiger partial charge in [-0.05, 0) is 36.4 Å². The van der Waals surface area contributed by atoms with Crippen molar-refractivity contribution in [2.75, 3.05) is 13.2 Å². The van der Waals surface area contributed by atoms with Gasteiger partial charge in [0.1, 0.15) is 18.2 Å². The number of fused-ring (bicyclic) bond motifs is 3. The molecule has 0 saturated carbocycles. The van der Waals surface area contributed by atoms with E-state index in [2.05, 4.69) is 27.8 Å². The molecule has 34 heavy (non-hydrogen) atoms. The SMILES string of the molecule is C[C@H](NC(=O)CCC(F)(F)F)C(=O)N[C@@H]1C(=O)N(CCO)C2NC=CC=C2C2=CC#CCC=C21. The highest BCUT2D eigenvalue weighted by molar-refractivity contribution is 5.96. The Labute approximate surface area is 194 Å². The van der Waals surface area contributed by atoms with Gasteiger partial charge in [0, 0.05) is 25.0 Å². The summed E-state index contributed by atoms with van der Waals surface area (Å²) in [5.41, 5.74) is 1.88. The summed E-state index contributed by atoms with van der Waals surface area (Å²) >= 11 is 0. The van der Waals surface area contributed by atoms with E-state index in [1.54, 1.807) is 24.4 Å². The van der Waals surface area contributed by atoms with E-state index in [9.17, 15) is 32.7 Å². The molecule has 0 bridgehead atoms. The topological polar surface area (TPSA) is 111 Å². The number of aliphatic hydroxyl groups is 1. The number of likely N-dealkylation sites (tertiary alicyclic amines) is 1. The van der Waals surface area contributed by atoms with E-state index in [0.717, 1.165) is 5.57 Å². The van der Waals surface area contributed by atoms with Crippen LogP contribution in [-0.4, -0.2) is 65.3 Å². The molecule has 2 heterocycles. The van der Waals surface area contributed by atoms with Gasteiger partial charge in [0.2, 0.25) is 11.8 Å². The minimum absolute atomic E-state index is 0.00990. The number of hydrogen-bond donors (Lipinski definition) is 4. The zero-order valence-electron chi connectivity index (χ0n) is 18.4. The van der Waals surface area contributed by atoms with Crippen molar-refractivity contribution < 1.29 is 32.7 Å². The van der Waals surface area contributed by atoms with Gasteiger partial charge in [-0.2, -0.15) is 13.2 Å². The second kappa shape index (κ2) is 10.6. The van der Waals surface area contributed by atoms with E-state index >= 15 is 0 Å². The zero-order chi connectivity index (χ0) is 24.9. The van der Waals surface area contributed by atoms with Crippen molar-refractivity contribution in [2.45, 2.75) is 50.6 Å². The number of nitrogens with one attached hydrogen (secondary N) is 3. The lowest BCUT2D eigenvalue weighted by Gasteiger charge is -2.33. The molecular formula is C23H25F3N4O4. The molecule has 3 amide bonds. The highest BCUT2D eigenvalue weighted by Crippen LogP contribution is 2.33. The number of alkyl halides is 3. The molecule has 0 aromatic heterocycles. The lowest BCUT2D eigenvalue weighted by molar-refractivity contribution is -0.145. The molecule has 11 heteroatoms. The molecule has 8 nitrogen and oxygen atoms in total. The Morgan fingerprint density at radius 2 is 2.12 bits per heavy atom. The van der Waals surface area contributed by atoms with Gasteiger partial charge in [-0.3, -0.25) is 14.4 Å². The first kappa shape index (κ1) is 25.1. The van der Waals surface area contributed by atoms with E-state index in [-0.39, 0.29) is 13.2 Å². The lowest BCUT2D eigenvalue weighted by Crippen LogP contribution is -2.57. The molecule has 2 aliphatic heterocycles. The van der Waals surface area contributed by atoms with Gasteiger partial charge in [-0.15, -0.1) is 0 Å². The minimum Gasteiger partial charge on any atom is -0.395 e. The van der Waals surface area contributed by atoms with Crippen molar-refractivity contribution in [3.63, 3.8) is 0 Å². The van der Waals surface area contributed by atoms with Crippen molar-refractivity contribution in [3.05, 3.63) is 47.2 Å². The van der Waals surface area contributed by atoms with Crippen molar-refractivity contribution in [2.24, 2.45) is 0 Å². The van der Waals surface area contributed by atoms with Crippen LogP contribution in [0.1, 0.15) is 26.2 Å². The molecular weight excluding hydrogens is 453 g/mol. The quantitative estimate of drug-likeness (QED) is 0.405. The second-order valence-electron chi connectivity index (χ2n) is 7.89. The fraction of sp³-hybridized carbons (Fsp3) is 0.435. The highest BCUT2D eigenvalue weighted by Gasteiger charge is 2.41. The summed E-state index contributed by atoms with van der Waals surface area (Å²) in [5, 5.41) is 17.5. The number of allylic oxidation sites excluding steroid dienone is 4. The number of dihydropyridines is 1. The summed E-state index contributed by atoms with van der Waals surface area (Å²) in [6.07, 6.45) is 1.78. The van der Waals surface area contributed by atoms with E-state index < -0.39 is 55.0 Å². The number of carbonyl (C=O) groups is 3. The molecule has 0 radical (unpaired) electrons. The number of aliphatic hydroxyl groups excluding tert-OH is 1. The average molecular weight is 478 g/mol. The number of rotatable bonds is 7. The van der Waals surface area contributed by atoms with Crippen LogP contribution in [0.3, 0.4) is 0 Å². The molecule has 4 N–H and O–H groups in total. The van der Waals surface area contributed by atoms with Gasteiger partial charge < -0.3 is 26.0 Å². The maximum absolute atomic E-state index is 13.5. The number of hydrogen-bond acceptors (Lipinski definition) is 5. The average Bonchev–Trinajstić information content (AvgIpc) is 3.08. The Bertz CT molecular complexity index is 1030. The first-order valence-electron chi connectivity index (χ1n) is 10.7. The van der Waals surface area contributed by atoms with E-state index in [1.807, 2.05) is 6.08 Å². The molecule has 3 atom stereocenters. The van der Waals surface area contributed by atoms with Crippen molar-refractivity contribution in [3.8, 4) is 11.8 Å². The van der Waals surface area contributed by atoms with Crippen LogP contribution in [0.4, 0.5) is 13.2 Å². The summed E-state index contributed by atoms with van der Waals surface area (Å²) in [6.45, 7) is 0.998. The summed E-state index contributed by atoms with van der Waals surface area (Å²) < 4.78 is 37.1. The molecule has 1 aliphatic carbocycles. The molecule has 0 aromatic carbocycles. The van der Waals surface area contributed by atoms with Gasteiger partial charge in [-0.1, -0.05) is 24.0 Å². The number of β-amino-alcohol motifs (C(OH)–C–C–N with tert-alkyl or cyclic N) is 1. The number of amides is 3. The number of carbonyl (C=O) groups excluding carboxylic acids is 3. The number of nitrogens with zero attached hydrogens (tertiary/aromatic N) is 1. The molecule has 0 spiro atoms. The van der Waals surface area contributed by atoms with Crippen LogP contribution in [0.25, 0.3) is 0 Å². The largest absolute Gasteiger partial charge is 0.395 e. The van der Waals surface area contributed by atoms with Crippen molar-refractivity contribution in [1.82, 2.24) is 20.9 Å². The van der Waals surface area contributed by atoms with Crippen molar-refractivity contribution >= 4 is 17.7 Å². The molecule has 1 fully saturated rings. The van der Waals surface area contributed by atoms with E-state index in [4.69, 9.17) is 0 Å². The Morgan fingerprint density at radius 3 is 2.82 bits per heavy atom. The van der Waals surface area contributed by atoms with Crippen LogP contribution < -0.4 is 16.0 Å². The minimum atomic E-state index is -4.49. The molecule has 182 valence electrons. The first-order chi connectivity index (χ1) is 16.1. The maximum Gasteiger partial charge on any atom is 0.389 e. The molecule has 0 aromatic rings. The standard InChI is InChI=1S/C23H25F3N4O4/c1-14(28-18(32)9-10-23(24,25)26)21(33)29-19-16-7-4-2-3-6-15(16)17-8-5-11-27-20(17)30(12-13-31)22(19)34/h5-8,11,14,19-20,27,31H,4,9-10,12-13H2,1H3,(H,28,32)(H,29,33)/t14-,19-,20?/m0/s1. The van der Waals surface area contributed by atoms with Crippen LogP contribution in [0.2, 0.25) is 0 Å². The smallest absolute Gasteiger partial charge is 0.389 e. The highest BCUT2D eigenvalue weighted by atomic mass is 19.4. The predicted octanol–water partition coefficient (Wildman–Crippen LogP) is 0.782. The molecule has 1 unspecified atom stereocenters. The number of halogens is 3. The third-order valence-electron chi connectivity index (χ3n) is 5.47. The van der Waals surface area contributed by atoms with Gasteiger partial charge >= 0.3 is 6.18 Å². The summed E-state index contributed by atoms with van der Waals surface area (Å²) in [7, 11) is 0. The zero-order valence-corrected chi connectivity index (χ0v) is 18.4. The Hall–Kier alpha value is -3.52. The summed E-state index contributed by atoms with van der Waals surface area (Å²) in [5.74, 6) is 3.69. The third-order valence-corrected chi connectivity index (χ3v) is 5.47. The predicted molar refractivity (Wildman–Crippen MR) is 116 cm³/mol. The van der Waals surface area contributed by atoms with Gasteiger partial charge in [0.25, 0.3) is 5.91 Å². The Morgan fingerprint density at radius 1 is 1.35 bits per heavy atom. The van der Waals surface area contributed by atoms with Crippen LogP contribution in [0, 0.1) is 11.8 Å². The Balaban J connectivity index is 1.84.